The van der Waals surface area contributed by atoms with E-state index in [1.54, 1.807) is 13.2 Å². The van der Waals surface area contributed by atoms with E-state index >= 15 is 0 Å². The third-order valence-corrected chi connectivity index (χ3v) is 5.38. The number of rotatable bonds is 3. The first-order chi connectivity index (χ1) is 13.7. The van der Waals surface area contributed by atoms with E-state index < -0.39 is 5.79 Å². The molecule has 1 N–H and O–H groups in total. The number of benzene rings is 3. The highest BCUT2D eigenvalue weighted by molar-refractivity contribution is 5.56. The number of fused-ring (bicyclic) bond motifs is 2. The van der Waals surface area contributed by atoms with Gasteiger partial charge in [0, 0.05) is 29.5 Å². The van der Waals surface area contributed by atoms with Gasteiger partial charge in [-0.2, -0.15) is 0 Å². The minimum Gasteiger partial charge on any atom is -0.497 e. The van der Waals surface area contributed by atoms with Crippen LogP contribution in [0.25, 0.3) is 0 Å². The van der Waals surface area contributed by atoms with Crippen molar-refractivity contribution < 1.29 is 24.1 Å². The molecule has 2 atom stereocenters. The zero-order valence-electron chi connectivity index (χ0n) is 15.4. The molecule has 5 heteroatoms. The summed E-state index contributed by atoms with van der Waals surface area (Å²) in [5.74, 6) is 1.21. The van der Waals surface area contributed by atoms with Gasteiger partial charge < -0.3 is 24.1 Å². The molecule has 0 spiro atoms. The molecule has 2 aliphatic heterocycles. The highest BCUT2D eigenvalue weighted by atomic mass is 16.7. The second-order valence-electron chi connectivity index (χ2n) is 7.03. The maximum Gasteiger partial charge on any atom is 0.235 e. The molecule has 2 aliphatic rings. The van der Waals surface area contributed by atoms with Crippen LogP contribution in [0.15, 0.2) is 66.7 Å². The zero-order chi connectivity index (χ0) is 19.1. The molecule has 0 aliphatic carbocycles. The van der Waals surface area contributed by atoms with Crippen molar-refractivity contribution in [1.29, 1.82) is 0 Å². The maximum atomic E-state index is 11.5. The van der Waals surface area contributed by atoms with E-state index in [4.69, 9.17) is 18.9 Å². The fourth-order valence-corrected chi connectivity index (χ4v) is 3.92. The zero-order valence-corrected chi connectivity index (χ0v) is 15.4. The molecule has 142 valence electrons. The Kier molecular flexibility index (Phi) is 3.91. The van der Waals surface area contributed by atoms with Crippen LogP contribution in [0.1, 0.15) is 29.0 Å². The van der Waals surface area contributed by atoms with Gasteiger partial charge in [0.15, 0.2) is 11.5 Å². The summed E-state index contributed by atoms with van der Waals surface area (Å²) in [6.07, 6.45) is 0.385. The van der Waals surface area contributed by atoms with Crippen LogP contribution in [0.2, 0.25) is 0 Å². The van der Waals surface area contributed by atoms with Crippen LogP contribution >= 0.6 is 0 Å². The lowest BCUT2D eigenvalue weighted by molar-refractivity contribution is -0.161. The standard InChI is InChI=1S/C23H20O5/c1-25-17-9-7-15(8-10-17)19-13-23(24,16-5-3-2-4-6-16)28-20-12-22-21(11-18(19)20)26-14-27-22/h2-12,19,24H,13-14H2,1H3/t19-,23+/m1/s1. The van der Waals surface area contributed by atoms with Crippen molar-refractivity contribution in [2.45, 2.75) is 18.1 Å². The number of hydrogen-bond donors (Lipinski definition) is 1. The lowest BCUT2D eigenvalue weighted by atomic mass is 9.81. The van der Waals surface area contributed by atoms with Crippen LogP contribution in [-0.4, -0.2) is 19.0 Å². The molecule has 0 radical (unpaired) electrons. The largest absolute Gasteiger partial charge is 0.497 e. The fraction of sp³-hybridized carbons (Fsp3) is 0.217. The SMILES string of the molecule is COc1ccc([C@H]2C[C@@](O)(c3ccccc3)Oc3cc4c(cc32)OCO4)cc1. The molecule has 0 fully saturated rings. The Hall–Kier alpha value is -3.18. The first-order valence-corrected chi connectivity index (χ1v) is 9.21. The monoisotopic (exact) mass is 376 g/mol. The van der Waals surface area contributed by atoms with Crippen molar-refractivity contribution in [3.63, 3.8) is 0 Å². The summed E-state index contributed by atoms with van der Waals surface area (Å²) in [6, 6.07) is 21.1. The van der Waals surface area contributed by atoms with Crippen LogP contribution in [0, 0.1) is 0 Å². The average molecular weight is 376 g/mol. The number of hydrogen-bond acceptors (Lipinski definition) is 5. The average Bonchev–Trinajstić information content (AvgIpc) is 3.20. The Labute approximate surface area is 163 Å². The van der Waals surface area contributed by atoms with Crippen molar-refractivity contribution in [1.82, 2.24) is 0 Å². The molecule has 5 nitrogen and oxygen atoms in total. The van der Waals surface area contributed by atoms with Crippen molar-refractivity contribution >= 4 is 0 Å². The quantitative estimate of drug-likeness (QED) is 0.743. The molecule has 2 heterocycles. The van der Waals surface area contributed by atoms with Crippen molar-refractivity contribution in [3.05, 3.63) is 83.4 Å². The second kappa shape index (κ2) is 6.46. The first kappa shape index (κ1) is 17.0. The third-order valence-electron chi connectivity index (χ3n) is 5.38. The predicted molar refractivity (Wildman–Crippen MR) is 103 cm³/mol. The smallest absolute Gasteiger partial charge is 0.235 e. The minimum absolute atomic E-state index is 0.0747. The Bertz CT molecular complexity index is 1000. The van der Waals surface area contributed by atoms with Gasteiger partial charge in [0.05, 0.1) is 7.11 Å². The molecule has 0 saturated carbocycles. The molecule has 0 bridgehead atoms. The second-order valence-corrected chi connectivity index (χ2v) is 7.03. The normalized spacial score (nSPS) is 22.3. The molecule has 5 rings (SSSR count). The number of aliphatic hydroxyl groups is 1. The van der Waals surface area contributed by atoms with Gasteiger partial charge in [-0.05, 0) is 23.8 Å². The third kappa shape index (κ3) is 2.75. The van der Waals surface area contributed by atoms with Gasteiger partial charge in [0.1, 0.15) is 11.5 Å². The fourth-order valence-electron chi connectivity index (χ4n) is 3.92. The predicted octanol–water partition coefficient (Wildman–Crippen LogP) is 4.18. The van der Waals surface area contributed by atoms with Crippen LogP contribution in [0.4, 0.5) is 0 Å². The van der Waals surface area contributed by atoms with E-state index in [1.807, 2.05) is 60.7 Å². The molecule has 0 saturated heterocycles. The van der Waals surface area contributed by atoms with Crippen LogP contribution in [-0.2, 0) is 5.79 Å². The van der Waals surface area contributed by atoms with Crippen molar-refractivity contribution in [2.24, 2.45) is 0 Å². The minimum atomic E-state index is -1.44. The van der Waals surface area contributed by atoms with E-state index in [1.165, 1.54) is 0 Å². The van der Waals surface area contributed by atoms with E-state index in [-0.39, 0.29) is 12.7 Å². The van der Waals surface area contributed by atoms with Gasteiger partial charge in [-0.3, -0.25) is 0 Å². The van der Waals surface area contributed by atoms with E-state index in [0.717, 1.165) is 22.4 Å². The topological polar surface area (TPSA) is 57.2 Å². The van der Waals surface area contributed by atoms with Gasteiger partial charge in [0.2, 0.25) is 12.6 Å². The highest BCUT2D eigenvalue weighted by Crippen LogP contribution is 2.51. The summed E-state index contributed by atoms with van der Waals surface area (Å²) < 4.78 is 22.5. The molecule has 28 heavy (non-hydrogen) atoms. The lowest BCUT2D eigenvalue weighted by Crippen LogP contribution is -2.38. The maximum absolute atomic E-state index is 11.5. The summed E-state index contributed by atoms with van der Waals surface area (Å²) >= 11 is 0. The van der Waals surface area contributed by atoms with Gasteiger partial charge in [-0.25, -0.2) is 0 Å². The molecule has 3 aromatic carbocycles. The lowest BCUT2D eigenvalue weighted by Gasteiger charge is -2.39. The molecular weight excluding hydrogens is 356 g/mol. The Morgan fingerprint density at radius 3 is 2.36 bits per heavy atom. The van der Waals surface area contributed by atoms with E-state index in [2.05, 4.69) is 0 Å². The van der Waals surface area contributed by atoms with E-state index in [0.29, 0.717) is 23.7 Å². The van der Waals surface area contributed by atoms with Crippen molar-refractivity contribution in [2.75, 3.05) is 13.9 Å². The summed E-state index contributed by atoms with van der Waals surface area (Å²) in [6.45, 7) is 0.189. The van der Waals surface area contributed by atoms with Crippen LogP contribution in [0.3, 0.4) is 0 Å². The van der Waals surface area contributed by atoms with Gasteiger partial charge in [-0.15, -0.1) is 0 Å². The molecule has 3 aromatic rings. The molecule has 0 aromatic heterocycles. The molecular formula is C23H20O5. The van der Waals surface area contributed by atoms with Crippen LogP contribution in [0.5, 0.6) is 23.0 Å². The van der Waals surface area contributed by atoms with E-state index in [9.17, 15) is 5.11 Å². The summed E-state index contributed by atoms with van der Waals surface area (Å²) in [7, 11) is 1.65. The van der Waals surface area contributed by atoms with Gasteiger partial charge in [-0.1, -0.05) is 42.5 Å². The number of methoxy groups -OCH3 is 1. The van der Waals surface area contributed by atoms with Gasteiger partial charge >= 0.3 is 0 Å². The van der Waals surface area contributed by atoms with Crippen LogP contribution < -0.4 is 18.9 Å². The van der Waals surface area contributed by atoms with Crippen molar-refractivity contribution in [3.8, 4) is 23.0 Å². The number of ether oxygens (including phenoxy) is 4. The summed E-state index contributed by atoms with van der Waals surface area (Å²) in [5, 5.41) is 11.5. The molecule has 0 unspecified atom stereocenters. The Morgan fingerprint density at radius 2 is 1.64 bits per heavy atom. The summed E-state index contributed by atoms with van der Waals surface area (Å²) in [5.41, 5.74) is 2.76. The van der Waals surface area contributed by atoms with Gasteiger partial charge in [0.25, 0.3) is 0 Å². The highest BCUT2D eigenvalue weighted by Gasteiger charge is 2.42. The molecule has 0 amide bonds. The first-order valence-electron chi connectivity index (χ1n) is 9.21. The Morgan fingerprint density at radius 1 is 0.929 bits per heavy atom. The summed E-state index contributed by atoms with van der Waals surface area (Å²) in [4.78, 5) is 0. The Balaban J connectivity index is 1.64.